The molecule has 0 bridgehead atoms. The van der Waals surface area contributed by atoms with Crippen LogP contribution in [0.4, 0.5) is 4.39 Å². The van der Waals surface area contributed by atoms with Crippen molar-refractivity contribution >= 4 is 27.3 Å². The van der Waals surface area contributed by atoms with Crippen LogP contribution in [0.2, 0.25) is 0 Å². The van der Waals surface area contributed by atoms with Crippen molar-refractivity contribution in [3.8, 4) is 27.6 Å². The quantitative estimate of drug-likeness (QED) is 0.622. The molecule has 1 aromatic heterocycles. The van der Waals surface area contributed by atoms with Crippen LogP contribution in [0.1, 0.15) is 0 Å². The summed E-state index contributed by atoms with van der Waals surface area (Å²) in [6.45, 7) is 0. The standard InChI is InChI=1S/C16H11BrFNOS/c1-20-15-7-4-11(8-13(15)18)14-9-21-16(19-14)10-2-5-12(17)6-3-10/h2-9H,1H3. The number of nitrogens with zero attached hydrogens (tertiary/aromatic N) is 1. The number of rotatable bonds is 3. The molecule has 2 nitrogen and oxygen atoms in total. The Bertz CT molecular complexity index is 770. The monoisotopic (exact) mass is 363 g/mol. The van der Waals surface area contributed by atoms with Crippen LogP contribution in [0, 0.1) is 5.82 Å². The van der Waals surface area contributed by atoms with Gasteiger partial charge in [0.25, 0.3) is 0 Å². The maximum atomic E-state index is 13.8. The molecule has 0 fully saturated rings. The molecule has 0 N–H and O–H groups in total. The van der Waals surface area contributed by atoms with Gasteiger partial charge in [-0.3, -0.25) is 0 Å². The van der Waals surface area contributed by atoms with Gasteiger partial charge in [-0.1, -0.05) is 28.1 Å². The van der Waals surface area contributed by atoms with Gasteiger partial charge in [0.2, 0.25) is 0 Å². The van der Waals surface area contributed by atoms with Crippen molar-refractivity contribution in [3.63, 3.8) is 0 Å². The zero-order valence-electron chi connectivity index (χ0n) is 11.1. The maximum absolute atomic E-state index is 13.8. The normalized spacial score (nSPS) is 10.6. The zero-order valence-corrected chi connectivity index (χ0v) is 13.5. The Morgan fingerprint density at radius 3 is 2.48 bits per heavy atom. The molecule has 1 heterocycles. The number of benzene rings is 2. The molecule has 106 valence electrons. The predicted molar refractivity (Wildman–Crippen MR) is 87.2 cm³/mol. The van der Waals surface area contributed by atoms with E-state index in [-0.39, 0.29) is 11.6 Å². The van der Waals surface area contributed by atoms with Crippen molar-refractivity contribution in [1.29, 1.82) is 0 Å². The van der Waals surface area contributed by atoms with E-state index in [9.17, 15) is 4.39 Å². The molecule has 0 aliphatic rings. The lowest BCUT2D eigenvalue weighted by Crippen LogP contribution is -1.88. The average molecular weight is 364 g/mol. The third kappa shape index (κ3) is 2.99. The van der Waals surface area contributed by atoms with Gasteiger partial charge in [-0.25, -0.2) is 9.37 Å². The smallest absolute Gasteiger partial charge is 0.165 e. The molecule has 0 spiro atoms. The molecule has 0 unspecified atom stereocenters. The molecule has 3 rings (SSSR count). The fourth-order valence-electron chi connectivity index (χ4n) is 1.96. The van der Waals surface area contributed by atoms with Crippen LogP contribution in [0.5, 0.6) is 5.75 Å². The molecule has 0 radical (unpaired) electrons. The minimum Gasteiger partial charge on any atom is -0.494 e. The second kappa shape index (κ2) is 5.95. The molecule has 0 amide bonds. The maximum Gasteiger partial charge on any atom is 0.165 e. The van der Waals surface area contributed by atoms with Crippen LogP contribution >= 0.6 is 27.3 Å². The molecule has 0 saturated carbocycles. The minimum absolute atomic E-state index is 0.238. The van der Waals surface area contributed by atoms with Crippen molar-refractivity contribution in [1.82, 2.24) is 4.98 Å². The second-order valence-corrected chi connectivity index (χ2v) is 6.17. The summed E-state index contributed by atoms with van der Waals surface area (Å²) in [5.74, 6) is -0.143. The first kappa shape index (κ1) is 14.2. The van der Waals surface area contributed by atoms with E-state index >= 15 is 0 Å². The minimum atomic E-state index is -0.381. The number of aromatic nitrogens is 1. The lowest BCUT2D eigenvalue weighted by molar-refractivity contribution is 0.386. The van der Waals surface area contributed by atoms with E-state index in [0.717, 1.165) is 26.3 Å². The molecule has 0 aliphatic heterocycles. The molecule has 3 aromatic rings. The molecule has 5 heteroatoms. The summed E-state index contributed by atoms with van der Waals surface area (Å²) in [5, 5.41) is 2.84. The Kier molecular flexibility index (Phi) is 4.03. The summed E-state index contributed by atoms with van der Waals surface area (Å²) >= 11 is 4.95. The third-order valence-corrected chi connectivity index (χ3v) is 4.46. The third-order valence-electron chi connectivity index (χ3n) is 3.04. The summed E-state index contributed by atoms with van der Waals surface area (Å²) in [5.41, 5.74) is 2.55. The first-order valence-corrected chi connectivity index (χ1v) is 7.90. The van der Waals surface area contributed by atoms with E-state index in [1.807, 2.05) is 35.7 Å². The highest BCUT2D eigenvalue weighted by atomic mass is 79.9. The summed E-state index contributed by atoms with van der Waals surface area (Å²) < 4.78 is 19.7. The van der Waals surface area contributed by atoms with Crippen LogP contribution in [-0.4, -0.2) is 12.1 Å². The van der Waals surface area contributed by atoms with Gasteiger partial charge < -0.3 is 4.74 Å². The summed E-state index contributed by atoms with van der Waals surface area (Å²) in [4.78, 5) is 4.57. The highest BCUT2D eigenvalue weighted by Gasteiger charge is 2.09. The zero-order chi connectivity index (χ0) is 14.8. The molecule has 0 aliphatic carbocycles. The Labute approximate surface area is 134 Å². The number of hydrogen-bond acceptors (Lipinski definition) is 3. The van der Waals surface area contributed by atoms with Crippen molar-refractivity contribution < 1.29 is 9.13 Å². The van der Waals surface area contributed by atoms with Gasteiger partial charge in [0.15, 0.2) is 11.6 Å². The van der Waals surface area contributed by atoms with E-state index in [1.54, 1.807) is 6.07 Å². The van der Waals surface area contributed by atoms with E-state index < -0.39 is 0 Å². The van der Waals surface area contributed by atoms with E-state index in [1.165, 1.54) is 24.5 Å². The first-order valence-electron chi connectivity index (χ1n) is 6.23. The topological polar surface area (TPSA) is 22.1 Å². The molecule has 2 aromatic carbocycles. The highest BCUT2D eigenvalue weighted by Crippen LogP contribution is 2.31. The van der Waals surface area contributed by atoms with E-state index in [4.69, 9.17) is 4.74 Å². The van der Waals surface area contributed by atoms with E-state index in [2.05, 4.69) is 20.9 Å². The summed E-state index contributed by atoms with van der Waals surface area (Å²) in [6, 6.07) is 12.8. The first-order chi connectivity index (χ1) is 10.2. The highest BCUT2D eigenvalue weighted by molar-refractivity contribution is 9.10. The Morgan fingerprint density at radius 1 is 1.10 bits per heavy atom. The van der Waals surface area contributed by atoms with Gasteiger partial charge in [0, 0.05) is 21.0 Å². The van der Waals surface area contributed by atoms with Crippen LogP contribution < -0.4 is 4.74 Å². The van der Waals surface area contributed by atoms with Crippen LogP contribution in [0.3, 0.4) is 0 Å². The number of ether oxygens (including phenoxy) is 1. The molecular weight excluding hydrogens is 353 g/mol. The molecule has 0 atom stereocenters. The Hall–Kier alpha value is -1.72. The van der Waals surface area contributed by atoms with Gasteiger partial charge in [-0.05, 0) is 30.3 Å². The van der Waals surface area contributed by atoms with Crippen LogP contribution in [-0.2, 0) is 0 Å². The number of halogens is 2. The lowest BCUT2D eigenvalue weighted by atomic mass is 10.1. The predicted octanol–water partition coefficient (Wildman–Crippen LogP) is 5.39. The summed E-state index contributed by atoms with van der Waals surface area (Å²) in [6.07, 6.45) is 0. The Balaban J connectivity index is 1.94. The van der Waals surface area contributed by atoms with Gasteiger partial charge >= 0.3 is 0 Å². The average Bonchev–Trinajstić information content (AvgIpc) is 2.98. The summed E-state index contributed by atoms with van der Waals surface area (Å²) in [7, 11) is 1.45. The van der Waals surface area contributed by atoms with Gasteiger partial charge in [0.1, 0.15) is 5.01 Å². The molecular formula is C16H11BrFNOS. The van der Waals surface area contributed by atoms with E-state index in [0.29, 0.717) is 0 Å². The molecule has 0 saturated heterocycles. The number of hydrogen-bond donors (Lipinski definition) is 0. The lowest BCUT2D eigenvalue weighted by Gasteiger charge is -2.03. The fourth-order valence-corrected chi connectivity index (χ4v) is 3.06. The van der Waals surface area contributed by atoms with Crippen molar-refractivity contribution in [2.24, 2.45) is 0 Å². The Morgan fingerprint density at radius 2 is 1.81 bits per heavy atom. The van der Waals surface area contributed by atoms with Crippen molar-refractivity contribution in [2.45, 2.75) is 0 Å². The van der Waals surface area contributed by atoms with Crippen molar-refractivity contribution in [3.05, 3.63) is 58.1 Å². The van der Waals surface area contributed by atoms with Crippen LogP contribution in [0.15, 0.2) is 52.3 Å². The van der Waals surface area contributed by atoms with Crippen molar-refractivity contribution in [2.75, 3.05) is 7.11 Å². The number of thiazole rings is 1. The SMILES string of the molecule is COc1ccc(-c2csc(-c3ccc(Br)cc3)n2)cc1F. The number of methoxy groups -OCH3 is 1. The fraction of sp³-hybridized carbons (Fsp3) is 0.0625. The van der Waals surface area contributed by atoms with Crippen LogP contribution in [0.25, 0.3) is 21.8 Å². The largest absolute Gasteiger partial charge is 0.494 e. The second-order valence-electron chi connectivity index (χ2n) is 4.39. The van der Waals surface area contributed by atoms with Gasteiger partial charge in [-0.2, -0.15) is 0 Å². The van der Waals surface area contributed by atoms with Gasteiger partial charge in [-0.15, -0.1) is 11.3 Å². The van der Waals surface area contributed by atoms with Gasteiger partial charge in [0.05, 0.1) is 12.8 Å². The molecule has 21 heavy (non-hydrogen) atoms.